The molecule has 166 valence electrons. The molecule has 0 radical (unpaired) electrons. The zero-order valence-corrected chi connectivity index (χ0v) is 18.3. The van der Waals surface area contributed by atoms with Crippen LogP contribution in [0.5, 0.6) is 0 Å². The van der Waals surface area contributed by atoms with E-state index in [0.717, 1.165) is 5.56 Å². The van der Waals surface area contributed by atoms with Crippen LogP contribution in [0.2, 0.25) is 0 Å². The zero-order valence-electron chi connectivity index (χ0n) is 17.4. The van der Waals surface area contributed by atoms with Crippen molar-refractivity contribution in [2.24, 2.45) is 0 Å². The van der Waals surface area contributed by atoms with Crippen LogP contribution in [0.15, 0.2) is 83.8 Å². The van der Waals surface area contributed by atoms with E-state index in [0.29, 0.717) is 48.9 Å². The van der Waals surface area contributed by atoms with E-state index in [4.69, 9.17) is 0 Å². The first-order valence-corrected chi connectivity index (χ1v) is 11.8. The molecule has 1 fully saturated rings. The lowest BCUT2D eigenvalue weighted by molar-refractivity contribution is 0.102. The van der Waals surface area contributed by atoms with Crippen LogP contribution in [-0.4, -0.2) is 49.7 Å². The molecule has 3 aromatic carbocycles. The fourth-order valence-electron chi connectivity index (χ4n) is 3.71. The largest absolute Gasteiger partial charge is 0.322 e. The van der Waals surface area contributed by atoms with E-state index in [1.54, 1.807) is 48.5 Å². The topological polar surface area (TPSA) is 69.7 Å². The zero-order chi connectivity index (χ0) is 22.6. The van der Waals surface area contributed by atoms with Crippen LogP contribution in [0.25, 0.3) is 0 Å². The van der Waals surface area contributed by atoms with Crippen LogP contribution >= 0.6 is 0 Å². The summed E-state index contributed by atoms with van der Waals surface area (Å²) in [4.78, 5) is 15.0. The molecule has 32 heavy (non-hydrogen) atoms. The smallest absolute Gasteiger partial charge is 0.255 e. The minimum absolute atomic E-state index is 0.309. The summed E-state index contributed by atoms with van der Waals surface area (Å²) in [6.45, 7) is 2.64. The van der Waals surface area contributed by atoms with Gasteiger partial charge in [-0.1, -0.05) is 36.4 Å². The van der Waals surface area contributed by atoms with Gasteiger partial charge in [-0.25, -0.2) is 12.8 Å². The molecule has 0 atom stereocenters. The van der Waals surface area contributed by atoms with E-state index >= 15 is 0 Å². The molecular weight excluding hydrogens is 429 g/mol. The summed E-state index contributed by atoms with van der Waals surface area (Å²) in [5.74, 6) is -0.721. The van der Waals surface area contributed by atoms with Crippen LogP contribution < -0.4 is 5.32 Å². The number of anilines is 1. The van der Waals surface area contributed by atoms with Crippen LogP contribution in [0.1, 0.15) is 15.9 Å². The SMILES string of the molecule is O=C(Nc1cccc(F)c1)c1cccc(CN2CCN(S(=O)(=O)c3ccccc3)CC2)c1. The number of nitrogens with zero attached hydrogens (tertiary/aromatic N) is 2. The first-order valence-electron chi connectivity index (χ1n) is 10.4. The van der Waals surface area contributed by atoms with Gasteiger partial charge in [0.05, 0.1) is 4.90 Å². The van der Waals surface area contributed by atoms with Crippen molar-refractivity contribution < 1.29 is 17.6 Å². The quantitative estimate of drug-likeness (QED) is 0.619. The Morgan fingerprint density at radius 1 is 0.875 bits per heavy atom. The van der Waals surface area contributed by atoms with E-state index in [2.05, 4.69) is 10.2 Å². The molecule has 6 nitrogen and oxygen atoms in total. The van der Waals surface area contributed by atoms with Crippen molar-refractivity contribution in [1.29, 1.82) is 0 Å². The molecule has 0 spiro atoms. The van der Waals surface area contributed by atoms with Crippen molar-refractivity contribution in [3.05, 3.63) is 95.8 Å². The van der Waals surface area contributed by atoms with Crippen LogP contribution in [0.4, 0.5) is 10.1 Å². The van der Waals surface area contributed by atoms with Gasteiger partial charge in [0.1, 0.15) is 5.82 Å². The van der Waals surface area contributed by atoms with Gasteiger partial charge in [-0.2, -0.15) is 4.31 Å². The Bertz CT molecular complexity index is 1190. The lowest BCUT2D eigenvalue weighted by Gasteiger charge is -2.34. The third-order valence-electron chi connectivity index (χ3n) is 5.39. The Morgan fingerprint density at radius 3 is 2.31 bits per heavy atom. The highest BCUT2D eigenvalue weighted by Gasteiger charge is 2.28. The Hall–Kier alpha value is -3.07. The number of rotatable bonds is 6. The van der Waals surface area contributed by atoms with E-state index in [9.17, 15) is 17.6 Å². The van der Waals surface area contributed by atoms with Gasteiger partial charge in [-0.15, -0.1) is 0 Å². The van der Waals surface area contributed by atoms with Gasteiger partial charge >= 0.3 is 0 Å². The van der Waals surface area contributed by atoms with Gasteiger partial charge in [0.25, 0.3) is 5.91 Å². The molecule has 3 aromatic rings. The fourth-order valence-corrected chi connectivity index (χ4v) is 5.15. The fraction of sp³-hybridized carbons (Fsp3) is 0.208. The summed E-state index contributed by atoms with van der Waals surface area (Å²) in [5.41, 5.74) is 1.84. The minimum atomic E-state index is -3.48. The second kappa shape index (κ2) is 9.60. The summed E-state index contributed by atoms with van der Waals surface area (Å²) in [7, 11) is -3.48. The number of hydrogen-bond donors (Lipinski definition) is 1. The molecule has 0 aliphatic carbocycles. The summed E-state index contributed by atoms with van der Waals surface area (Å²) in [6.07, 6.45) is 0. The first-order chi connectivity index (χ1) is 15.4. The normalized spacial score (nSPS) is 15.4. The third-order valence-corrected chi connectivity index (χ3v) is 7.30. The van der Waals surface area contributed by atoms with Crippen molar-refractivity contribution in [2.75, 3.05) is 31.5 Å². The number of carbonyl (C=O) groups is 1. The summed E-state index contributed by atoms with van der Waals surface area (Å²) >= 11 is 0. The number of halogens is 1. The van der Waals surface area contributed by atoms with Crippen LogP contribution in [0.3, 0.4) is 0 Å². The molecule has 1 amide bonds. The maximum atomic E-state index is 13.3. The first kappa shape index (κ1) is 22.1. The number of carbonyl (C=O) groups excluding carboxylic acids is 1. The molecule has 8 heteroatoms. The average molecular weight is 454 g/mol. The van der Waals surface area contributed by atoms with E-state index in [1.165, 1.54) is 16.4 Å². The predicted molar refractivity (Wildman–Crippen MR) is 121 cm³/mol. The number of hydrogen-bond acceptors (Lipinski definition) is 4. The number of nitrogens with one attached hydrogen (secondary N) is 1. The van der Waals surface area contributed by atoms with Gasteiger partial charge in [0.15, 0.2) is 0 Å². The lowest BCUT2D eigenvalue weighted by Crippen LogP contribution is -2.48. The molecule has 4 rings (SSSR count). The molecule has 1 heterocycles. The van der Waals surface area contributed by atoms with Gasteiger partial charge in [0.2, 0.25) is 10.0 Å². The molecule has 1 aliphatic heterocycles. The lowest BCUT2D eigenvalue weighted by atomic mass is 10.1. The standard InChI is InChI=1S/C24H24FN3O3S/c25-21-8-5-9-22(17-21)26-24(29)20-7-4-6-19(16-20)18-27-12-14-28(15-13-27)32(30,31)23-10-2-1-3-11-23/h1-11,16-17H,12-15,18H2,(H,26,29). The molecular formula is C24H24FN3O3S. The molecule has 1 saturated heterocycles. The van der Waals surface area contributed by atoms with Gasteiger partial charge in [-0.3, -0.25) is 9.69 Å². The number of amides is 1. The van der Waals surface area contributed by atoms with Crippen molar-refractivity contribution in [1.82, 2.24) is 9.21 Å². The molecule has 0 unspecified atom stereocenters. The summed E-state index contributed by atoms with van der Waals surface area (Å²) in [5, 5.41) is 2.70. The third kappa shape index (κ3) is 5.21. The number of benzene rings is 3. The maximum absolute atomic E-state index is 13.3. The highest BCUT2D eigenvalue weighted by Crippen LogP contribution is 2.19. The predicted octanol–water partition coefficient (Wildman–Crippen LogP) is 3.58. The Kier molecular flexibility index (Phi) is 6.64. The Balaban J connectivity index is 1.36. The van der Waals surface area contributed by atoms with Crippen molar-refractivity contribution in [3.8, 4) is 0 Å². The van der Waals surface area contributed by atoms with Crippen LogP contribution in [-0.2, 0) is 16.6 Å². The van der Waals surface area contributed by atoms with Crippen molar-refractivity contribution in [3.63, 3.8) is 0 Å². The monoisotopic (exact) mass is 453 g/mol. The molecule has 0 bridgehead atoms. The highest BCUT2D eigenvalue weighted by molar-refractivity contribution is 7.89. The van der Waals surface area contributed by atoms with Crippen LogP contribution in [0, 0.1) is 5.82 Å². The second-order valence-electron chi connectivity index (χ2n) is 7.66. The molecule has 1 N–H and O–H groups in total. The second-order valence-corrected chi connectivity index (χ2v) is 9.60. The molecule has 1 aliphatic rings. The number of sulfonamides is 1. The molecule has 0 aromatic heterocycles. The number of piperazine rings is 1. The van der Waals surface area contributed by atoms with Gasteiger partial charge in [0, 0.05) is 44.0 Å². The van der Waals surface area contributed by atoms with E-state index < -0.39 is 15.8 Å². The van der Waals surface area contributed by atoms with Gasteiger partial charge < -0.3 is 5.32 Å². The maximum Gasteiger partial charge on any atom is 0.255 e. The average Bonchev–Trinajstić information content (AvgIpc) is 2.80. The Morgan fingerprint density at radius 2 is 1.59 bits per heavy atom. The van der Waals surface area contributed by atoms with E-state index in [1.807, 2.05) is 18.2 Å². The Labute approximate surface area is 187 Å². The molecule has 0 saturated carbocycles. The van der Waals surface area contributed by atoms with Crippen molar-refractivity contribution >= 4 is 21.6 Å². The van der Waals surface area contributed by atoms with E-state index in [-0.39, 0.29) is 5.91 Å². The van der Waals surface area contributed by atoms with Gasteiger partial charge in [-0.05, 0) is 48.0 Å². The minimum Gasteiger partial charge on any atom is -0.322 e. The summed E-state index contributed by atoms with van der Waals surface area (Å²) in [6, 6.07) is 21.5. The highest BCUT2D eigenvalue weighted by atomic mass is 32.2. The summed E-state index contributed by atoms with van der Waals surface area (Å²) < 4.78 is 40.4. The van der Waals surface area contributed by atoms with Crippen molar-refractivity contribution in [2.45, 2.75) is 11.4 Å².